The molecule has 6 heteroatoms. The van der Waals surface area contributed by atoms with E-state index in [2.05, 4.69) is 10.6 Å². The smallest absolute Gasteiger partial charge is 0.243 e. The molecule has 28 heavy (non-hydrogen) atoms. The van der Waals surface area contributed by atoms with Crippen LogP contribution in [0.15, 0.2) is 78.9 Å². The highest BCUT2D eigenvalue weighted by atomic mass is 35.5. The molecule has 0 saturated carbocycles. The molecule has 3 rings (SSSR count). The van der Waals surface area contributed by atoms with Crippen LogP contribution in [0.4, 0.5) is 5.69 Å². The maximum Gasteiger partial charge on any atom is 0.243 e. The summed E-state index contributed by atoms with van der Waals surface area (Å²) in [5, 5.41) is 5.98. The van der Waals surface area contributed by atoms with Gasteiger partial charge < -0.3 is 15.4 Å². The molecule has 0 saturated heterocycles. The Morgan fingerprint density at radius 2 is 1.50 bits per heavy atom. The van der Waals surface area contributed by atoms with E-state index < -0.39 is 0 Å². The molecule has 0 spiro atoms. The number of hydrogen-bond acceptors (Lipinski definition) is 3. The molecular weight excluding hydrogens is 376 g/mol. The van der Waals surface area contributed by atoms with Crippen molar-refractivity contribution in [3.63, 3.8) is 0 Å². The van der Waals surface area contributed by atoms with Crippen LogP contribution in [0.25, 0.3) is 0 Å². The van der Waals surface area contributed by atoms with Crippen LogP contribution >= 0.6 is 11.6 Å². The summed E-state index contributed by atoms with van der Waals surface area (Å²) in [5.41, 5.74) is 1.35. The second kappa shape index (κ2) is 9.58. The molecular formula is C22H19ClN2O3. The third-order valence-corrected chi connectivity index (χ3v) is 4.11. The van der Waals surface area contributed by atoms with Crippen molar-refractivity contribution in [2.24, 2.45) is 0 Å². The van der Waals surface area contributed by atoms with Crippen LogP contribution in [0.1, 0.15) is 5.56 Å². The van der Waals surface area contributed by atoms with E-state index in [1.807, 2.05) is 36.4 Å². The highest BCUT2D eigenvalue weighted by Gasteiger charge is 2.10. The third-order valence-electron chi connectivity index (χ3n) is 3.86. The first-order valence-electron chi connectivity index (χ1n) is 8.73. The number of carbonyl (C=O) groups is 2. The van der Waals surface area contributed by atoms with E-state index in [0.717, 1.165) is 5.56 Å². The van der Waals surface area contributed by atoms with Crippen molar-refractivity contribution in [1.82, 2.24) is 5.32 Å². The van der Waals surface area contributed by atoms with Crippen molar-refractivity contribution < 1.29 is 14.3 Å². The molecule has 142 valence electrons. The third kappa shape index (κ3) is 5.86. The number of rotatable bonds is 7. The van der Waals surface area contributed by atoms with Crippen molar-refractivity contribution in [1.29, 1.82) is 0 Å². The van der Waals surface area contributed by atoms with Crippen LogP contribution < -0.4 is 15.4 Å². The second-order valence-electron chi connectivity index (χ2n) is 6.04. The summed E-state index contributed by atoms with van der Waals surface area (Å²) in [5.74, 6) is 0.606. The molecule has 0 aliphatic heterocycles. The topological polar surface area (TPSA) is 67.4 Å². The molecule has 0 aliphatic rings. The minimum absolute atomic E-state index is 0.133. The monoisotopic (exact) mass is 394 g/mol. The average Bonchev–Trinajstić information content (AvgIpc) is 2.70. The lowest BCUT2D eigenvalue weighted by molar-refractivity contribution is -0.123. The molecule has 3 aromatic rings. The molecule has 0 radical (unpaired) electrons. The zero-order valence-electron chi connectivity index (χ0n) is 15.0. The van der Waals surface area contributed by atoms with Crippen molar-refractivity contribution in [2.45, 2.75) is 6.42 Å². The van der Waals surface area contributed by atoms with Gasteiger partial charge in [0.2, 0.25) is 11.8 Å². The van der Waals surface area contributed by atoms with Gasteiger partial charge in [0.15, 0.2) is 5.75 Å². The lowest BCUT2D eigenvalue weighted by atomic mass is 10.1. The molecule has 0 fully saturated rings. The van der Waals surface area contributed by atoms with E-state index in [4.69, 9.17) is 16.3 Å². The molecule has 2 N–H and O–H groups in total. The summed E-state index contributed by atoms with van der Waals surface area (Å²) in [7, 11) is 0. The van der Waals surface area contributed by atoms with E-state index in [-0.39, 0.29) is 24.8 Å². The van der Waals surface area contributed by atoms with Crippen LogP contribution in [-0.4, -0.2) is 18.4 Å². The molecule has 0 atom stereocenters. The molecule has 0 aromatic heterocycles. The number of hydrogen-bond donors (Lipinski definition) is 2. The predicted molar refractivity (Wildman–Crippen MR) is 110 cm³/mol. The Bertz CT molecular complexity index is 944. The van der Waals surface area contributed by atoms with Gasteiger partial charge in [-0.05, 0) is 42.0 Å². The number of amides is 2. The molecule has 2 amide bonds. The maximum absolute atomic E-state index is 12.2. The Labute approximate surface area is 168 Å². The Hall–Kier alpha value is -3.31. The first-order chi connectivity index (χ1) is 13.6. The van der Waals surface area contributed by atoms with Gasteiger partial charge in [0, 0.05) is 5.02 Å². The second-order valence-corrected chi connectivity index (χ2v) is 6.48. The lowest BCUT2D eigenvalue weighted by Gasteiger charge is -2.12. The van der Waals surface area contributed by atoms with Gasteiger partial charge in [-0.2, -0.15) is 0 Å². The summed E-state index contributed by atoms with van der Waals surface area (Å²) >= 11 is 5.83. The molecule has 0 bridgehead atoms. The predicted octanol–water partition coefficient (Wildman–Crippen LogP) is 4.43. The van der Waals surface area contributed by atoms with Crippen molar-refractivity contribution >= 4 is 29.1 Å². The van der Waals surface area contributed by atoms with Crippen LogP contribution in [0.5, 0.6) is 11.5 Å². The summed E-state index contributed by atoms with van der Waals surface area (Å²) < 4.78 is 5.81. The number of ether oxygens (including phenoxy) is 1. The number of benzene rings is 3. The SMILES string of the molecule is O=C(Cc1ccc(Cl)cc1)NCC(=O)Nc1ccccc1Oc1ccccc1. The van der Waals surface area contributed by atoms with Crippen molar-refractivity contribution in [2.75, 3.05) is 11.9 Å². The van der Waals surface area contributed by atoms with Gasteiger partial charge in [0.25, 0.3) is 0 Å². The molecule has 5 nitrogen and oxygen atoms in total. The molecule has 3 aromatic carbocycles. The Morgan fingerprint density at radius 1 is 0.821 bits per heavy atom. The summed E-state index contributed by atoms with van der Waals surface area (Å²) in [6.07, 6.45) is 0.179. The van der Waals surface area contributed by atoms with E-state index in [9.17, 15) is 9.59 Å². The quantitative estimate of drug-likeness (QED) is 0.623. The summed E-state index contributed by atoms with van der Waals surface area (Å²) in [6.45, 7) is -0.133. The lowest BCUT2D eigenvalue weighted by Crippen LogP contribution is -2.33. The van der Waals surface area contributed by atoms with E-state index in [1.165, 1.54) is 0 Å². The van der Waals surface area contributed by atoms with Crippen molar-refractivity contribution in [3.05, 3.63) is 89.4 Å². The average molecular weight is 395 g/mol. The molecule has 0 heterocycles. The van der Waals surface area contributed by atoms with E-state index in [0.29, 0.717) is 22.2 Å². The Morgan fingerprint density at radius 3 is 2.25 bits per heavy atom. The number of halogens is 1. The largest absolute Gasteiger partial charge is 0.455 e. The van der Waals surface area contributed by atoms with Gasteiger partial charge in [-0.25, -0.2) is 0 Å². The van der Waals surface area contributed by atoms with Crippen LogP contribution in [0, 0.1) is 0 Å². The van der Waals surface area contributed by atoms with Crippen LogP contribution in [-0.2, 0) is 16.0 Å². The number of anilines is 1. The number of carbonyl (C=O) groups excluding carboxylic acids is 2. The number of nitrogens with one attached hydrogen (secondary N) is 2. The Balaban J connectivity index is 1.53. The summed E-state index contributed by atoms with van der Waals surface area (Å²) in [6, 6.07) is 23.4. The van der Waals surface area contributed by atoms with Crippen molar-refractivity contribution in [3.8, 4) is 11.5 Å². The van der Waals surface area contributed by atoms with E-state index >= 15 is 0 Å². The van der Waals surface area contributed by atoms with E-state index in [1.54, 1.807) is 42.5 Å². The van der Waals surface area contributed by atoms with Gasteiger partial charge in [0.1, 0.15) is 5.75 Å². The highest BCUT2D eigenvalue weighted by molar-refractivity contribution is 6.30. The first kappa shape index (κ1) is 19.5. The van der Waals surface area contributed by atoms with Gasteiger partial charge in [-0.15, -0.1) is 0 Å². The maximum atomic E-state index is 12.2. The van der Waals surface area contributed by atoms with Gasteiger partial charge in [-0.1, -0.05) is 54.1 Å². The normalized spacial score (nSPS) is 10.2. The molecule has 0 unspecified atom stereocenters. The summed E-state index contributed by atoms with van der Waals surface area (Å²) in [4.78, 5) is 24.2. The fourth-order valence-electron chi connectivity index (χ4n) is 2.50. The zero-order valence-corrected chi connectivity index (χ0v) is 15.8. The number of para-hydroxylation sites is 3. The minimum atomic E-state index is -0.339. The van der Waals surface area contributed by atoms with Gasteiger partial charge in [-0.3, -0.25) is 9.59 Å². The standard InChI is InChI=1S/C22H19ClN2O3/c23-17-12-10-16(11-13-17)14-21(26)24-15-22(27)25-19-8-4-5-9-20(19)28-18-6-2-1-3-7-18/h1-13H,14-15H2,(H,24,26)(H,25,27). The first-order valence-corrected chi connectivity index (χ1v) is 9.11. The Kier molecular flexibility index (Phi) is 6.65. The van der Waals surface area contributed by atoms with Crippen LogP contribution in [0.3, 0.4) is 0 Å². The zero-order chi connectivity index (χ0) is 19.8. The van der Waals surface area contributed by atoms with Gasteiger partial charge in [0.05, 0.1) is 18.7 Å². The highest BCUT2D eigenvalue weighted by Crippen LogP contribution is 2.28. The fraction of sp³-hybridized carbons (Fsp3) is 0.0909. The van der Waals surface area contributed by atoms with Crippen LogP contribution in [0.2, 0.25) is 5.02 Å². The molecule has 0 aliphatic carbocycles. The fourth-order valence-corrected chi connectivity index (χ4v) is 2.62. The minimum Gasteiger partial charge on any atom is -0.455 e. The van der Waals surface area contributed by atoms with Gasteiger partial charge >= 0.3 is 0 Å².